The predicted molar refractivity (Wildman–Crippen MR) is 46.9 cm³/mol. The van der Waals surface area contributed by atoms with Crippen molar-refractivity contribution in [2.75, 3.05) is 5.88 Å². The Labute approximate surface area is 72.0 Å². The number of hydrogen-bond donors (Lipinski definition) is 1. The molecule has 0 fully saturated rings. The highest BCUT2D eigenvalue weighted by Crippen LogP contribution is 2.22. The van der Waals surface area contributed by atoms with Crippen molar-refractivity contribution < 1.29 is 0 Å². The van der Waals surface area contributed by atoms with E-state index >= 15 is 0 Å². The first kappa shape index (κ1) is 8.60. The molecule has 1 N–H and O–H groups in total. The summed E-state index contributed by atoms with van der Waals surface area (Å²) in [6, 6.07) is 0. The zero-order chi connectivity index (χ0) is 8.27. The summed E-state index contributed by atoms with van der Waals surface area (Å²) in [5.74, 6) is 1.62. The Morgan fingerprint density at radius 3 is 2.73 bits per heavy atom. The second-order valence-electron chi connectivity index (χ2n) is 3.01. The van der Waals surface area contributed by atoms with Crippen LogP contribution in [-0.4, -0.2) is 15.8 Å². The lowest BCUT2D eigenvalue weighted by atomic mass is 9.95. The maximum absolute atomic E-state index is 5.81. The molecule has 1 aromatic rings. The Balaban J connectivity index is 2.71. The van der Waals surface area contributed by atoms with Crippen LogP contribution in [0.4, 0.5) is 0 Å². The van der Waals surface area contributed by atoms with Crippen LogP contribution in [0.2, 0.25) is 0 Å². The number of aromatic amines is 1. The molecule has 1 aromatic heterocycles. The summed E-state index contributed by atoms with van der Waals surface area (Å²) in [5, 5.41) is 0. The van der Waals surface area contributed by atoms with E-state index in [-0.39, 0.29) is 0 Å². The molecule has 11 heavy (non-hydrogen) atoms. The molecular weight excluding hydrogens is 160 g/mol. The molecule has 0 radical (unpaired) electrons. The average molecular weight is 173 g/mol. The maximum atomic E-state index is 5.81. The molecule has 3 heteroatoms. The van der Waals surface area contributed by atoms with Crippen LogP contribution in [-0.2, 0) is 0 Å². The fraction of sp³-hybridized carbons (Fsp3) is 0.625. The van der Waals surface area contributed by atoms with Gasteiger partial charge in [-0.15, -0.1) is 11.6 Å². The number of H-pyrrole nitrogens is 1. The van der Waals surface area contributed by atoms with E-state index in [1.54, 1.807) is 6.33 Å². The monoisotopic (exact) mass is 172 g/mol. The van der Waals surface area contributed by atoms with Gasteiger partial charge in [0.2, 0.25) is 0 Å². The van der Waals surface area contributed by atoms with E-state index in [1.165, 1.54) is 0 Å². The Morgan fingerprint density at radius 2 is 2.36 bits per heavy atom. The molecule has 2 nitrogen and oxygen atoms in total. The van der Waals surface area contributed by atoms with E-state index in [9.17, 15) is 0 Å². The van der Waals surface area contributed by atoms with Crippen LogP contribution in [0, 0.1) is 5.92 Å². The number of aromatic nitrogens is 2. The second-order valence-corrected chi connectivity index (χ2v) is 3.32. The first-order valence-electron chi connectivity index (χ1n) is 3.80. The van der Waals surface area contributed by atoms with Crippen LogP contribution in [0.15, 0.2) is 12.5 Å². The van der Waals surface area contributed by atoms with Crippen LogP contribution in [0.5, 0.6) is 0 Å². The van der Waals surface area contributed by atoms with Crippen LogP contribution >= 0.6 is 11.6 Å². The number of halogens is 1. The van der Waals surface area contributed by atoms with Gasteiger partial charge in [-0.05, 0) is 5.92 Å². The van der Waals surface area contributed by atoms with E-state index in [0.717, 1.165) is 5.69 Å². The molecular formula is C8H13ClN2. The third-order valence-corrected chi connectivity index (χ3v) is 2.22. The molecule has 0 aromatic carbocycles. The van der Waals surface area contributed by atoms with Gasteiger partial charge in [0.15, 0.2) is 0 Å². The lowest BCUT2D eigenvalue weighted by Crippen LogP contribution is -2.08. The van der Waals surface area contributed by atoms with Gasteiger partial charge in [0.05, 0.1) is 6.33 Å². The van der Waals surface area contributed by atoms with Gasteiger partial charge >= 0.3 is 0 Å². The molecule has 0 aliphatic carbocycles. The smallest absolute Gasteiger partial charge is 0.0921 e. The van der Waals surface area contributed by atoms with Crippen LogP contribution in [0.1, 0.15) is 25.5 Å². The molecule has 1 heterocycles. The summed E-state index contributed by atoms with van der Waals surface area (Å²) in [4.78, 5) is 7.03. The minimum absolute atomic E-state index is 0.402. The Bertz CT molecular complexity index is 194. The van der Waals surface area contributed by atoms with Gasteiger partial charge in [-0.3, -0.25) is 0 Å². The number of nitrogens with one attached hydrogen (secondary N) is 1. The number of alkyl halides is 1. The van der Waals surface area contributed by atoms with Crippen molar-refractivity contribution in [3.63, 3.8) is 0 Å². The quantitative estimate of drug-likeness (QED) is 0.697. The van der Waals surface area contributed by atoms with E-state index in [4.69, 9.17) is 11.6 Å². The van der Waals surface area contributed by atoms with Crippen LogP contribution in [0.3, 0.4) is 0 Å². The molecule has 0 saturated heterocycles. The zero-order valence-electron chi connectivity index (χ0n) is 6.84. The fourth-order valence-electron chi connectivity index (χ4n) is 1.09. The van der Waals surface area contributed by atoms with Gasteiger partial charge < -0.3 is 4.98 Å². The van der Waals surface area contributed by atoms with Gasteiger partial charge in [0.1, 0.15) is 0 Å². The fourth-order valence-corrected chi connectivity index (χ4v) is 1.61. The molecule has 0 saturated carbocycles. The largest absolute Gasteiger partial charge is 0.348 e. The molecule has 1 atom stereocenters. The minimum atomic E-state index is 0.402. The Kier molecular flexibility index (Phi) is 2.94. The predicted octanol–water partition coefficient (Wildman–Crippen LogP) is 2.39. The minimum Gasteiger partial charge on any atom is -0.348 e. The number of imidazole rings is 1. The normalized spacial score (nSPS) is 13.8. The molecule has 0 bridgehead atoms. The first-order valence-corrected chi connectivity index (χ1v) is 4.33. The van der Waals surface area contributed by atoms with Gasteiger partial charge in [0.25, 0.3) is 0 Å². The maximum Gasteiger partial charge on any atom is 0.0921 e. The van der Waals surface area contributed by atoms with Crippen LogP contribution < -0.4 is 0 Å². The average Bonchev–Trinajstić information content (AvgIpc) is 2.40. The highest BCUT2D eigenvalue weighted by atomic mass is 35.5. The summed E-state index contributed by atoms with van der Waals surface area (Å²) in [6.07, 6.45) is 3.53. The molecule has 0 amide bonds. The molecule has 1 rings (SSSR count). The SMILES string of the molecule is CC(C)C(CCl)c1cnc[nH]1. The van der Waals surface area contributed by atoms with Crippen molar-refractivity contribution in [1.82, 2.24) is 9.97 Å². The first-order chi connectivity index (χ1) is 5.25. The highest BCUT2D eigenvalue weighted by Gasteiger charge is 2.15. The van der Waals surface area contributed by atoms with Gasteiger partial charge in [0, 0.05) is 23.7 Å². The molecule has 62 valence electrons. The molecule has 0 aliphatic rings. The zero-order valence-corrected chi connectivity index (χ0v) is 7.60. The molecule has 1 unspecified atom stereocenters. The molecule has 0 aliphatic heterocycles. The van der Waals surface area contributed by atoms with Gasteiger partial charge in [-0.25, -0.2) is 4.98 Å². The van der Waals surface area contributed by atoms with E-state index in [2.05, 4.69) is 23.8 Å². The Morgan fingerprint density at radius 1 is 1.64 bits per heavy atom. The summed E-state index contributed by atoms with van der Waals surface area (Å²) < 4.78 is 0. The van der Waals surface area contributed by atoms with E-state index < -0.39 is 0 Å². The van der Waals surface area contributed by atoms with E-state index in [1.807, 2.05) is 6.20 Å². The lowest BCUT2D eigenvalue weighted by Gasteiger charge is -2.15. The summed E-state index contributed by atoms with van der Waals surface area (Å²) >= 11 is 5.81. The third kappa shape index (κ3) is 1.96. The van der Waals surface area contributed by atoms with Gasteiger partial charge in [-0.2, -0.15) is 0 Å². The van der Waals surface area contributed by atoms with Crippen LogP contribution in [0.25, 0.3) is 0 Å². The number of hydrogen-bond acceptors (Lipinski definition) is 1. The Hall–Kier alpha value is -0.500. The van der Waals surface area contributed by atoms with Crippen molar-refractivity contribution in [3.05, 3.63) is 18.2 Å². The van der Waals surface area contributed by atoms with Crippen molar-refractivity contribution in [1.29, 1.82) is 0 Å². The standard InChI is InChI=1S/C8H13ClN2/c1-6(2)7(3-9)8-4-10-5-11-8/h4-7H,3H2,1-2H3,(H,10,11). The van der Waals surface area contributed by atoms with Crippen molar-refractivity contribution >= 4 is 11.6 Å². The summed E-state index contributed by atoms with van der Waals surface area (Å²) in [5.41, 5.74) is 1.13. The highest BCUT2D eigenvalue weighted by molar-refractivity contribution is 6.18. The second kappa shape index (κ2) is 3.77. The van der Waals surface area contributed by atoms with Crippen molar-refractivity contribution in [3.8, 4) is 0 Å². The van der Waals surface area contributed by atoms with Crippen molar-refractivity contribution in [2.45, 2.75) is 19.8 Å². The van der Waals surface area contributed by atoms with Gasteiger partial charge in [-0.1, -0.05) is 13.8 Å². The number of rotatable bonds is 3. The lowest BCUT2D eigenvalue weighted by molar-refractivity contribution is 0.530. The summed E-state index contributed by atoms with van der Waals surface area (Å²) in [6.45, 7) is 4.32. The number of nitrogens with zero attached hydrogens (tertiary/aromatic N) is 1. The molecule has 0 spiro atoms. The summed E-state index contributed by atoms with van der Waals surface area (Å²) in [7, 11) is 0. The van der Waals surface area contributed by atoms with E-state index in [0.29, 0.717) is 17.7 Å². The van der Waals surface area contributed by atoms with Crippen molar-refractivity contribution in [2.24, 2.45) is 5.92 Å². The third-order valence-electron chi connectivity index (χ3n) is 1.89. The topological polar surface area (TPSA) is 28.7 Å².